The van der Waals surface area contributed by atoms with Crippen LogP contribution in [-0.2, 0) is 9.59 Å². The molecule has 0 saturated carbocycles. The number of hydrogen-bond acceptors (Lipinski definition) is 3. The number of nitrogens with one attached hydrogen (secondary N) is 1. The SMILES string of the molecule is O=C1COc2c(Cl)cccc2NC(=O)C1. The van der Waals surface area contributed by atoms with Gasteiger partial charge in [0.15, 0.2) is 11.5 Å². The van der Waals surface area contributed by atoms with E-state index in [1.165, 1.54) is 0 Å². The number of benzene rings is 1. The van der Waals surface area contributed by atoms with E-state index >= 15 is 0 Å². The van der Waals surface area contributed by atoms with Crippen molar-refractivity contribution in [3.05, 3.63) is 23.2 Å². The quantitative estimate of drug-likeness (QED) is 0.683. The van der Waals surface area contributed by atoms with E-state index in [1.807, 2.05) is 0 Å². The van der Waals surface area contributed by atoms with E-state index in [9.17, 15) is 9.59 Å². The first-order valence-corrected chi connectivity index (χ1v) is 4.77. The van der Waals surface area contributed by atoms with Crippen molar-refractivity contribution in [3.8, 4) is 5.75 Å². The summed E-state index contributed by atoms with van der Waals surface area (Å²) in [5.41, 5.74) is 0.500. The standard InChI is InChI=1S/C10H8ClNO3/c11-7-2-1-3-8-10(7)15-5-6(13)4-9(14)12-8/h1-3H,4-5H2,(H,12,14). The van der Waals surface area contributed by atoms with Crippen LogP contribution < -0.4 is 10.1 Å². The first-order valence-electron chi connectivity index (χ1n) is 4.39. The number of para-hydroxylation sites is 1. The molecule has 1 heterocycles. The van der Waals surface area contributed by atoms with Gasteiger partial charge in [-0.1, -0.05) is 17.7 Å². The highest BCUT2D eigenvalue weighted by molar-refractivity contribution is 6.32. The molecular weight excluding hydrogens is 218 g/mol. The van der Waals surface area contributed by atoms with Crippen molar-refractivity contribution in [2.45, 2.75) is 6.42 Å². The maximum Gasteiger partial charge on any atom is 0.232 e. The zero-order valence-corrected chi connectivity index (χ0v) is 8.50. The topological polar surface area (TPSA) is 55.4 Å². The fourth-order valence-electron chi connectivity index (χ4n) is 1.33. The van der Waals surface area contributed by atoms with Crippen molar-refractivity contribution < 1.29 is 14.3 Å². The van der Waals surface area contributed by atoms with Gasteiger partial charge in [0.05, 0.1) is 17.1 Å². The number of amides is 1. The van der Waals surface area contributed by atoms with Crippen LogP contribution in [0.25, 0.3) is 0 Å². The van der Waals surface area contributed by atoms with Crippen molar-refractivity contribution in [1.29, 1.82) is 0 Å². The highest BCUT2D eigenvalue weighted by Crippen LogP contribution is 2.33. The van der Waals surface area contributed by atoms with E-state index < -0.39 is 0 Å². The van der Waals surface area contributed by atoms with E-state index in [0.29, 0.717) is 16.5 Å². The second kappa shape index (κ2) is 3.90. The molecule has 0 radical (unpaired) electrons. The fraction of sp³-hybridized carbons (Fsp3) is 0.200. The van der Waals surface area contributed by atoms with Gasteiger partial charge in [-0.25, -0.2) is 0 Å². The third-order valence-corrected chi connectivity index (χ3v) is 2.27. The molecule has 0 bridgehead atoms. The Morgan fingerprint density at radius 3 is 2.93 bits per heavy atom. The van der Waals surface area contributed by atoms with E-state index in [0.717, 1.165) is 0 Å². The van der Waals surface area contributed by atoms with E-state index in [-0.39, 0.29) is 24.7 Å². The average molecular weight is 226 g/mol. The van der Waals surface area contributed by atoms with Crippen LogP contribution in [0.2, 0.25) is 5.02 Å². The molecule has 0 saturated heterocycles. The summed E-state index contributed by atoms with van der Waals surface area (Å²) < 4.78 is 5.22. The van der Waals surface area contributed by atoms with Gasteiger partial charge in [0, 0.05) is 0 Å². The maximum atomic E-state index is 11.3. The molecule has 15 heavy (non-hydrogen) atoms. The van der Waals surface area contributed by atoms with Gasteiger partial charge in [0.25, 0.3) is 0 Å². The van der Waals surface area contributed by atoms with Gasteiger partial charge in [-0.15, -0.1) is 0 Å². The third kappa shape index (κ3) is 2.10. The summed E-state index contributed by atoms with van der Waals surface area (Å²) in [7, 11) is 0. The smallest absolute Gasteiger partial charge is 0.232 e. The summed E-state index contributed by atoms with van der Waals surface area (Å²) in [6.45, 7) is -0.121. The Morgan fingerprint density at radius 2 is 2.13 bits per heavy atom. The van der Waals surface area contributed by atoms with Crippen LogP contribution in [0.5, 0.6) is 5.75 Å². The number of hydrogen-bond donors (Lipinski definition) is 1. The molecule has 1 aromatic rings. The molecule has 0 spiro atoms. The number of fused-ring (bicyclic) bond motifs is 1. The number of Topliss-reactive ketones (excluding diaryl/α,β-unsaturated/α-hetero) is 1. The van der Waals surface area contributed by atoms with Crippen molar-refractivity contribution in [2.75, 3.05) is 11.9 Å². The average Bonchev–Trinajstić information content (AvgIpc) is 2.14. The highest BCUT2D eigenvalue weighted by Gasteiger charge is 2.18. The highest BCUT2D eigenvalue weighted by atomic mass is 35.5. The van der Waals surface area contributed by atoms with Crippen LogP contribution in [0.15, 0.2) is 18.2 Å². The fourth-order valence-corrected chi connectivity index (χ4v) is 1.56. The number of ketones is 1. The summed E-state index contributed by atoms with van der Waals surface area (Å²) in [6.07, 6.45) is -0.161. The maximum absolute atomic E-state index is 11.3. The predicted octanol–water partition coefficient (Wildman–Crippen LogP) is 1.63. The molecule has 78 valence electrons. The van der Waals surface area contributed by atoms with Crippen LogP contribution in [0.4, 0.5) is 5.69 Å². The Hall–Kier alpha value is -1.55. The minimum absolute atomic E-state index is 0.121. The van der Waals surface area contributed by atoms with Crippen LogP contribution in [0.1, 0.15) is 6.42 Å². The summed E-state index contributed by atoms with van der Waals surface area (Å²) in [4.78, 5) is 22.4. The van der Waals surface area contributed by atoms with Crippen molar-refractivity contribution in [2.24, 2.45) is 0 Å². The number of rotatable bonds is 0. The van der Waals surface area contributed by atoms with Crippen LogP contribution in [0.3, 0.4) is 0 Å². The summed E-state index contributed by atoms with van der Waals surface area (Å²) in [5.74, 6) is -0.259. The Labute approximate surface area is 91.2 Å². The van der Waals surface area contributed by atoms with Gasteiger partial charge in [-0.2, -0.15) is 0 Å². The molecule has 0 unspecified atom stereocenters. The van der Waals surface area contributed by atoms with Gasteiger partial charge >= 0.3 is 0 Å². The third-order valence-electron chi connectivity index (χ3n) is 1.98. The minimum atomic E-state index is -0.341. The number of carbonyl (C=O) groups is 2. The Balaban J connectivity index is 2.41. The molecule has 0 aliphatic carbocycles. The normalized spacial score (nSPS) is 15.8. The second-order valence-electron chi connectivity index (χ2n) is 3.17. The lowest BCUT2D eigenvalue weighted by molar-refractivity contribution is -0.127. The van der Waals surface area contributed by atoms with E-state index in [4.69, 9.17) is 16.3 Å². The zero-order valence-electron chi connectivity index (χ0n) is 7.75. The first kappa shape index (κ1) is 9.98. The van der Waals surface area contributed by atoms with Gasteiger partial charge in [0.2, 0.25) is 5.91 Å². The van der Waals surface area contributed by atoms with Crippen molar-refractivity contribution in [1.82, 2.24) is 0 Å². The molecule has 0 aromatic heterocycles. The van der Waals surface area contributed by atoms with E-state index in [2.05, 4.69) is 5.32 Å². The molecule has 0 atom stereocenters. The van der Waals surface area contributed by atoms with E-state index in [1.54, 1.807) is 18.2 Å². The van der Waals surface area contributed by atoms with Gasteiger partial charge < -0.3 is 10.1 Å². The molecule has 1 N–H and O–H groups in total. The molecule has 1 aliphatic rings. The van der Waals surface area contributed by atoms with Crippen LogP contribution >= 0.6 is 11.6 Å². The second-order valence-corrected chi connectivity index (χ2v) is 3.58. The van der Waals surface area contributed by atoms with Crippen LogP contribution in [0, 0.1) is 0 Å². The van der Waals surface area contributed by atoms with Gasteiger partial charge in [-0.05, 0) is 12.1 Å². The van der Waals surface area contributed by atoms with Gasteiger partial charge in [-0.3, -0.25) is 9.59 Å². The van der Waals surface area contributed by atoms with Crippen molar-refractivity contribution in [3.63, 3.8) is 0 Å². The monoisotopic (exact) mass is 225 g/mol. The molecule has 0 fully saturated rings. The summed E-state index contributed by atoms with van der Waals surface area (Å²) in [6, 6.07) is 5.02. The molecule has 4 nitrogen and oxygen atoms in total. The van der Waals surface area contributed by atoms with Gasteiger partial charge in [0.1, 0.15) is 6.61 Å². The molecule has 1 aliphatic heterocycles. The lowest BCUT2D eigenvalue weighted by Gasteiger charge is -2.16. The molecular formula is C10H8ClNO3. The number of carbonyl (C=O) groups excluding carboxylic acids is 2. The Bertz CT molecular complexity index is 431. The molecule has 2 rings (SSSR count). The largest absolute Gasteiger partial charge is 0.482 e. The Kier molecular flexibility index (Phi) is 2.60. The zero-order chi connectivity index (χ0) is 10.8. The number of anilines is 1. The summed E-state index contributed by atoms with van der Waals surface area (Å²) >= 11 is 5.88. The first-order chi connectivity index (χ1) is 7.16. The minimum Gasteiger partial charge on any atom is -0.482 e. The molecule has 1 amide bonds. The Morgan fingerprint density at radius 1 is 1.33 bits per heavy atom. The molecule has 5 heteroatoms. The summed E-state index contributed by atoms with van der Waals surface area (Å²) in [5, 5.41) is 2.94. The lowest BCUT2D eigenvalue weighted by atomic mass is 10.2. The number of ether oxygens (including phenoxy) is 1. The van der Waals surface area contributed by atoms with Crippen LogP contribution in [-0.4, -0.2) is 18.3 Å². The predicted molar refractivity (Wildman–Crippen MR) is 55.2 cm³/mol. The number of halogens is 1. The lowest BCUT2D eigenvalue weighted by Crippen LogP contribution is -2.24. The van der Waals surface area contributed by atoms with Crippen molar-refractivity contribution >= 4 is 29.0 Å². The molecule has 1 aromatic carbocycles.